The SMILES string of the molecule is Nc1ncccc1-c1nc2ccc(-c3ccccc3)nc2n1N1CC2CCC1CN2. The summed E-state index contributed by atoms with van der Waals surface area (Å²) in [4.78, 5) is 14.3. The first kappa shape index (κ1) is 17.4. The predicted molar refractivity (Wildman–Crippen MR) is 119 cm³/mol. The Hall–Kier alpha value is -3.45. The molecule has 2 unspecified atom stereocenters. The number of pyridine rings is 2. The molecule has 3 aromatic heterocycles. The van der Waals surface area contributed by atoms with Crippen LogP contribution in [0.2, 0.25) is 0 Å². The molecule has 3 N–H and O–H groups in total. The molecule has 0 aliphatic carbocycles. The summed E-state index contributed by atoms with van der Waals surface area (Å²) < 4.78 is 2.19. The number of piperazine rings is 1. The fourth-order valence-electron chi connectivity index (χ4n) is 4.67. The van der Waals surface area contributed by atoms with Crippen LogP contribution in [0, 0.1) is 0 Å². The Labute approximate surface area is 174 Å². The van der Waals surface area contributed by atoms with Crippen molar-refractivity contribution in [1.82, 2.24) is 24.9 Å². The highest BCUT2D eigenvalue weighted by molar-refractivity contribution is 5.82. The summed E-state index contributed by atoms with van der Waals surface area (Å²) in [5, 5.41) is 6.05. The van der Waals surface area contributed by atoms with Crippen LogP contribution in [0.3, 0.4) is 0 Å². The lowest BCUT2D eigenvalue weighted by Gasteiger charge is -2.47. The molecule has 1 aromatic carbocycles. The Morgan fingerprint density at radius 3 is 2.60 bits per heavy atom. The number of rotatable bonds is 3. The number of piperidine rings is 2. The largest absolute Gasteiger partial charge is 0.383 e. The second-order valence-electron chi connectivity index (χ2n) is 8.05. The predicted octanol–water partition coefficient (Wildman–Crippen LogP) is 2.81. The van der Waals surface area contributed by atoms with Crippen molar-refractivity contribution in [2.45, 2.75) is 24.9 Å². The molecular weight excluding hydrogens is 374 g/mol. The Morgan fingerprint density at radius 2 is 1.87 bits per heavy atom. The van der Waals surface area contributed by atoms with E-state index in [0.29, 0.717) is 17.9 Å². The first-order valence-electron chi connectivity index (χ1n) is 10.4. The zero-order valence-electron chi connectivity index (χ0n) is 16.6. The number of aromatic nitrogens is 4. The van der Waals surface area contributed by atoms with Gasteiger partial charge in [0.25, 0.3) is 0 Å². The molecule has 3 saturated heterocycles. The molecule has 3 aliphatic rings. The molecule has 7 nitrogen and oxygen atoms in total. The van der Waals surface area contributed by atoms with Crippen LogP contribution in [0.5, 0.6) is 0 Å². The maximum Gasteiger partial charge on any atom is 0.180 e. The third-order valence-electron chi connectivity index (χ3n) is 6.21. The average Bonchev–Trinajstić information content (AvgIpc) is 3.19. The number of hydrogen-bond acceptors (Lipinski definition) is 6. The van der Waals surface area contributed by atoms with Gasteiger partial charge < -0.3 is 16.1 Å². The van der Waals surface area contributed by atoms with E-state index in [-0.39, 0.29) is 0 Å². The van der Waals surface area contributed by atoms with Crippen LogP contribution < -0.4 is 16.1 Å². The summed E-state index contributed by atoms with van der Waals surface area (Å²) in [6, 6.07) is 19.1. The van der Waals surface area contributed by atoms with E-state index in [2.05, 4.69) is 38.2 Å². The summed E-state index contributed by atoms with van der Waals surface area (Å²) in [5.74, 6) is 1.29. The molecule has 7 rings (SSSR count). The summed E-state index contributed by atoms with van der Waals surface area (Å²) in [6.45, 7) is 1.91. The molecule has 0 spiro atoms. The van der Waals surface area contributed by atoms with Crippen molar-refractivity contribution in [3.05, 3.63) is 60.8 Å². The number of nitrogens with one attached hydrogen (secondary N) is 1. The molecule has 150 valence electrons. The van der Waals surface area contributed by atoms with Crippen molar-refractivity contribution >= 4 is 17.0 Å². The molecular formula is C23H23N7. The van der Waals surface area contributed by atoms with Crippen molar-refractivity contribution in [1.29, 1.82) is 0 Å². The molecule has 0 amide bonds. The lowest BCUT2D eigenvalue weighted by molar-refractivity contribution is 0.251. The molecule has 6 heterocycles. The number of nitrogens with two attached hydrogens (primary N) is 1. The van der Waals surface area contributed by atoms with Gasteiger partial charge in [0.15, 0.2) is 11.5 Å². The Morgan fingerprint density at radius 1 is 0.967 bits per heavy atom. The van der Waals surface area contributed by atoms with E-state index in [9.17, 15) is 0 Å². The third kappa shape index (κ3) is 2.74. The van der Waals surface area contributed by atoms with Crippen LogP contribution in [0.15, 0.2) is 60.8 Å². The van der Waals surface area contributed by atoms with E-state index in [0.717, 1.165) is 53.3 Å². The zero-order valence-corrected chi connectivity index (χ0v) is 16.6. The summed E-state index contributed by atoms with van der Waals surface area (Å²) in [5.41, 5.74) is 10.9. The maximum atomic E-state index is 6.25. The van der Waals surface area contributed by atoms with Crippen molar-refractivity contribution in [3.8, 4) is 22.6 Å². The van der Waals surface area contributed by atoms with Crippen LogP contribution in [0.25, 0.3) is 33.8 Å². The molecule has 30 heavy (non-hydrogen) atoms. The summed E-state index contributed by atoms with van der Waals surface area (Å²) in [6.07, 6.45) is 4.09. The van der Waals surface area contributed by atoms with Gasteiger partial charge in [0.2, 0.25) is 0 Å². The van der Waals surface area contributed by atoms with Crippen LogP contribution >= 0.6 is 0 Å². The van der Waals surface area contributed by atoms with Crippen molar-refractivity contribution < 1.29 is 0 Å². The normalized spacial score (nSPS) is 20.7. The Bertz CT molecular complexity index is 1210. The van der Waals surface area contributed by atoms with Crippen molar-refractivity contribution in [3.63, 3.8) is 0 Å². The smallest absolute Gasteiger partial charge is 0.180 e. The monoisotopic (exact) mass is 397 g/mol. The number of imidazole rings is 1. The van der Waals surface area contributed by atoms with Gasteiger partial charge in [-0.05, 0) is 37.1 Å². The molecule has 4 aromatic rings. The second kappa shape index (κ2) is 6.81. The lowest BCUT2D eigenvalue weighted by Crippen LogP contribution is -2.64. The minimum absolute atomic E-state index is 0.409. The van der Waals surface area contributed by atoms with E-state index in [1.54, 1.807) is 6.20 Å². The average molecular weight is 397 g/mol. The molecule has 0 saturated carbocycles. The molecule has 7 heteroatoms. The van der Waals surface area contributed by atoms with Crippen molar-refractivity contribution in [2.24, 2.45) is 0 Å². The van der Waals surface area contributed by atoms with E-state index in [1.807, 2.05) is 36.4 Å². The fourth-order valence-corrected chi connectivity index (χ4v) is 4.67. The zero-order chi connectivity index (χ0) is 20.1. The molecule has 0 radical (unpaired) electrons. The molecule has 2 bridgehead atoms. The highest BCUT2D eigenvalue weighted by Crippen LogP contribution is 2.32. The minimum atomic E-state index is 0.409. The number of nitrogen functional groups attached to an aromatic ring is 1. The first-order valence-corrected chi connectivity index (χ1v) is 10.4. The molecule has 3 fully saturated rings. The van der Waals surface area contributed by atoms with Gasteiger partial charge in [-0.25, -0.2) is 19.6 Å². The summed E-state index contributed by atoms with van der Waals surface area (Å²) >= 11 is 0. The van der Waals surface area contributed by atoms with E-state index in [4.69, 9.17) is 15.7 Å². The number of fused-ring (bicyclic) bond motifs is 4. The van der Waals surface area contributed by atoms with Gasteiger partial charge in [0.05, 0.1) is 23.8 Å². The van der Waals surface area contributed by atoms with Gasteiger partial charge in [-0.15, -0.1) is 0 Å². The fraction of sp³-hybridized carbons (Fsp3) is 0.261. The lowest BCUT2D eigenvalue weighted by atomic mass is 9.95. The van der Waals surface area contributed by atoms with Gasteiger partial charge in [0.1, 0.15) is 11.3 Å². The van der Waals surface area contributed by atoms with Gasteiger partial charge in [-0.3, -0.25) is 0 Å². The minimum Gasteiger partial charge on any atom is -0.383 e. The number of hydrogen-bond donors (Lipinski definition) is 2. The van der Waals surface area contributed by atoms with Crippen LogP contribution in [0.1, 0.15) is 12.8 Å². The first-order chi connectivity index (χ1) is 14.8. The van der Waals surface area contributed by atoms with E-state index in [1.165, 1.54) is 6.42 Å². The standard InChI is InChI=1S/C23H23N7/c24-21-18(7-4-12-25-21)22-28-20-11-10-19(15-5-2-1-3-6-15)27-23(20)30(22)29-14-16-8-9-17(29)13-26-16/h1-7,10-12,16-17,26H,8-9,13-14H2,(H2,24,25). The summed E-state index contributed by atoms with van der Waals surface area (Å²) in [7, 11) is 0. The van der Waals surface area contributed by atoms with Gasteiger partial charge in [0, 0.05) is 24.3 Å². The Kier molecular flexibility index (Phi) is 3.95. The number of nitrogens with zero attached hydrogens (tertiary/aromatic N) is 5. The van der Waals surface area contributed by atoms with Gasteiger partial charge in [-0.1, -0.05) is 30.3 Å². The number of benzene rings is 1. The Balaban J connectivity index is 1.59. The molecule has 3 aliphatic heterocycles. The molecule has 2 atom stereocenters. The maximum absolute atomic E-state index is 6.25. The highest BCUT2D eigenvalue weighted by Gasteiger charge is 2.36. The third-order valence-corrected chi connectivity index (χ3v) is 6.21. The topological polar surface area (TPSA) is 84.9 Å². The van der Waals surface area contributed by atoms with Crippen LogP contribution in [0.4, 0.5) is 5.82 Å². The quantitative estimate of drug-likeness (QED) is 0.553. The van der Waals surface area contributed by atoms with Crippen LogP contribution in [-0.4, -0.2) is 44.8 Å². The van der Waals surface area contributed by atoms with Crippen LogP contribution in [-0.2, 0) is 0 Å². The van der Waals surface area contributed by atoms with E-state index >= 15 is 0 Å². The van der Waals surface area contributed by atoms with Crippen molar-refractivity contribution in [2.75, 3.05) is 23.8 Å². The highest BCUT2D eigenvalue weighted by atomic mass is 15.6. The van der Waals surface area contributed by atoms with Gasteiger partial charge >= 0.3 is 0 Å². The van der Waals surface area contributed by atoms with E-state index < -0.39 is 0 Å². The number of anilines is 1. The van der Waals surface area contributed by atoms with Gasteiger partial charge in [-0.2, -0.15) is 0 Å². The second-order valence-corrected chi connectivity index (χ2v) is 8.05.